The van der Waals surface area contributed by atoms with Gasteiger partial charge in [-0.05, 0) is 42.3 Å². The second-order valence-corrected chi connectivity index (χ2v) is 8.34. The van der Waals surface area contributed by atoms with Crippen LogP contribution in [0, 0.1) is 6.92 Å². The highest BCUT2D eigenvalue weighted by molar-refractivity contribution is 5.86. The number of aromatic carboxylic acids is 1. The maximum atomic E-state index is 11.8. The van der Waals surface area contributed by atoms with Crippen molar-refractivity contribution < 1.29 is 14.3 Å². The molecule has 0 spiro atoms. The van der Waals surface area contributed by atoms with Crippen molar-refractivity contribution in [3.8, 4) is 17.1 Å². The van der Waals surface area contributed by atoms with Gasteiger partial charge in [0.15, 0.2) is 5.69 Å². The minimum Gasteiger partial charge on any atom is -0.476 e. The summed E-state index contributed by atoms with van der Waals surface area (Å²) in [5, 5.41) is 18.3. The highest BCUT2D eigenvalue weighted by Gasteiger charge is 2.19. The van der Waals surface area contributed by atoms with E-state index in [9.17, 15) is 9.90 Å². The van der Waals surface area contributed by atoms with E-state index in [1.54, 1.807) is 0 Å². The lowest BCUT2D eigenvalue weighted by Gasteiger charge is -2.01. The van der Waals surface area contributed by atoms with Crippen LogP contribution < -0.4 is 0 Å². The molecule has 3 aromatic carbocycles. The van der Waals surface area contributed by atoms with Gasteiger partial charge in [0.05, 0.1) is 11.4 Å². The normalized spacial score (nSPS) is 11.2. The Balaban J connectivity index is 1.31. The molecule has 0 saturated carbocycles. The van der Waals surface area contributed by atoms with Gasteiger partial charge in [0.2, 0.25) is 5.89 Å². The average molecular weight is 477 g/mol. The SMILES string of the molecule is Cc1oc(-c2ccccc2)nc1C/C=C\c1cccc(Cc2nn(-c3ccccc3)nc2C(=O)O)c1. The van der Waals surface area contributed by atoms with Crippen molar-refractivity contribution in [1.82, 2.24) is 20.0 Å². The quantitative estimate of drug-likeness (QED) is 0.305. The lowest BCUT2D eigenvalue weighted by Crippen LogP contribution is -2.03. The first-order chi connectivity index (χ1) is 17.6. The number of carbonyl (C=O) groups is 1. The Hall–Kier alpha value is -4.78. The fraction of sp³-hybridized carbons (Fsp3) is 0.103. The number of rotatable bonds is 8. The number of benzene rings is 3. The van der Waals surface area contributed by atoms with Crippen molar-refractivity contribution in [2.75, 3.05) is 0 Å². The maximum Gasteiger partial charge on any atom is 0.358 e. The summed E-state index contributed by atoms with van der Waals surface area (Å²) in [6.07, 6.45) is 5.08. The molecule has 2 heterocycles. The molecular formula is C29H24N4O3. The number of aromatic nitrogens is 4. The third kappa shape index (κ3) is 5.15. The van der Waals surface area contributed by atoms with Crippen LogP contribution in [0.1, 0.15) is 38.8 Å². The fourth-order valence-electron chi connectivity index (χ4n) is 3.93. The van der Waals surface area contributed by atoms with E-state index in [4.69, 9.17) is 4.42 Å². The second-order valence-electron chi connectivity index (χ2n) is 8.34. The summed E-state index contributed by atoms with van der Waals surface area (Å²) in [5.41, 5.74) is 4.88. The highest BCUT2D eigenvalue weighted by Crippen LogP contribution is 2.22. The molecule has 0 bridgehead atoms. The predicted octanol–water partition coefficient (Wildman–Crippen LogP) is 5.78. The molecule has 2 aromatic heterocycles. The summed E-state index contributed by atoms with van der Waals surface area (Å²) in [7, 11) is 0. The van der Waals surface area contributed by atoms with Crippen LogP contribution >= 0.6 is 0 Å². The van der Waals surface area contributed by atoms with E-state index in [-0.39, 0.29) is 5.69 Å². The minimum absolute atomic E-state index is 0.0458. The molecule has 5 aromatic rings. The molecule has 7 nitrogen and oxygen atoms in total. The Morgan fingerprint density at radius 3 is 2.44 bits per heavy atom. The Morgan fingerprint density at radius 2 is 1.69 bits per heavy atom. The Bertz CT molecular complexity index is 1520. The lowest BCUT2D eigenvalue weighted by molar-refractivity contribution is 0.0689. The molecule has 0 radical (unpaired) electrons. The number of carboxylic acid groups (broad SMARTS) is 1. The first-order valence-corrected chi connectivity index (χ1v) is 11.6. The molecule has 0 aliphatic heterocycles. The summed E-state index contributed by atoms with van der Waals surface area (Å²) in [6, 6.07) is 27.0. The molecule has 0 atom stereocenters. The monoisotopic (exact) mass is 476 g/mol. The predicted molar refractivity (Wildman–Crippen MR) is 137 cm³/mol. The summed E-state index contributed by atoms with van der Waals surface area (Å²) in [4.78, 5) is 17.8. The van der Waals surface area contributed by atoms with Crippen molar-refractivity contribution >= 4 is 12.0 Å². The average Bonchev–Trinajstić information content (AvgIpc) is 3.49. The molecule has 5 rings (SSSR count). The summed E-state index contributed by atoms with van der Waals surface area (Å²) < 4.78 is 5.85. The summed E-state index contributed by atoms with van der Waals surface area (Å²) in [5.74, 6) is 0.326. The number of hydrogen-bond acceptors (Lipinski definition) is 5. The van der Waals surface area contributed by atoms with Gasteiger partial charge < -0.3 is 9.52 Å². The molecule has 0 saturated heterocycles. The van der Waals surface area contributed by atoms with E-state index in [2.05, 4.69) is 15.2 Å². The number of aryl methyl sites for hydroxylation is 1. The molecule has 0 aliphatic rings. The molecule has 0 fully saturated rings. The third-order valence-corrected chi connectivity index (χ3v) is 5.73. The first-order valence-electron chi connectivity index (χ1n) is 11.6. The van der Waals surface area contributed by atoms with Crippen LogP contribution in [-0.4, -0.2) is 31.1 Å². The number of oxazole rings is 1. The molecule has 0 amide bonds. The van der Waals surface area contributed by atoms with Gasteiger partial charge in [-0.25, -0.2) is 9.78 Å². The van der Waals surface area contributed by atoms with Crippen LogP contribution in [0.15, 0.2) is 95.4 Å². The van der Waals surface area contributed by atoms with Crippen molar-refractivity contribution in [2.24, 2.45) is 0 Å². The van der Waals surface area contributed by atoms with Gasteiger partial charge in [0.25, 0.3) is 0 Å². The van der Waals surface area contributed by atoms with E-state index < -0.39 is 5.97 Å². The molecule has 0 unspecified atom stereocenters. The highest BCUT2D eigenvalue weighted by atomic mass is 16.4. The maximum absolute atomic E-state index is 11.8. The van der Waals surface area contributed by atoms with E-state index in [0.717, 1.165) is 28.1 Å². The number of hydrogen-bond donors (Lipinski definition) is 1. The fourth-order valence-corrected chi connectivity index (χ4v) is 3.93. The lowest BCUT2D eigenvalue weighted by atomic mass is 10.0. The molecule has 7 heteroatoms. The molecule has 0 aliphatic carbocycles. The van der Waals surface area contributed by atoms with Crippen LogP contribution in [-0.2, 0) is 12.8 Å². The second kappa shape index (κ2) is 10.2. The van der Waals surface area contributed by atoms with Crippen LogP contribution in [0.4, 0.5) is 0 Å². The van der Waals surface area contributed by atoms with Crippen LogP contribution in [0.2, 0.25) is 0 Å². The van der Waals surface area contributed by atoms with Crippen molar-refractivity contribution in [3.63, 3.8) is 0 Å². The van der Waals surface area contributed by atoms with E-state index >= 15 is 0 Å². The number of nitrogens with zero attached hydrogens (tertiary/aromatic N) is 4. The van der Waals surface area contributed by atoms with Crippen LogP contribution in [0.5, 0.6) is 0 Å². The number of carboxylic acids is 1. The van der Waals surface area contributed by atoms with Gasteiger partial charge in [0, 0.05) is 18.4 Å². The zero-order chi connectivity index (χ0) is 24.9. The van der Waals surface area contributed by atoms with E-state index in [1.807, 2.05) is 104 Å². The smallest absolute Gasteiger partial charge is 0.358 e. The van der Waals surface area contributed by atoms with Gasteiger partial charge in [0.1, 0.15) is 11.5 Å². The van der Waals surface area contributed by atoms with Crippen molar-refractivity contribution in [1.29, 1.82) is 0 Å². The standard InChI is InChI=1S/C29H24N4O3/c1-20-25(30-28(36-20)23-13-4-2-5-14-23)17-9-11-21-10-8-12-22(18-21)19-26-27(29(34)35)32-33(31-26)24-15-6-3-7-16-24/h2-16,18H,17,19H2,1H3,(H,34,35)/b11-9-. The zero-order valence-corrected chi connectivity index (χ0v) is 19.7. The van der Waals surface area contributed by atoms with Gasteiger partial charge >= 0.3 is 5.97 Å². The Morgan fingerprint density at radius 1 is 0.944 bits per heavy atom. The molecule has 178 valence electrons. The van der Waals surface area contributed by atoms with Crippen molar-refractivity contribution in [3.05, 3.63) is 125 Å². The Kier molecular flexibility index (Phi) is 6.53. The van der Waals surface area contributed by atoms with Gasteiger partial charge in [-0.1, -0.05) is 72.8 Å². The van der Waals surface area contributed by atoms with Crippen molar-refractivity contribution in [2.45, 2.75) is 19.8 Å². The first kappa shape index (κ1) is 23.0. The summed E-state index contributed by atoms with van der Waals surface area (Å²) in [6.45, 7) is 1.92. The molecule has 1 N–H and O–H groups in total. The topological polar surface area (TPSA) is 94.0 Å². The van der Waals surface area contributed by atoms with Crippen LogP contribution in [0.25, 0.3) is 23.2 Å². The summed E-state index contributed by atoms with van der Waals surface area (Å²) >= 11 is 0. The van der Waals surface area contributed by atoms with E-state index in [1.165, 1.54) is 4.80 Å². The van der Waals surface area contributed by atoms with Gasteiger partial charge in [-0.2, -0.15) is 9.90 Å². The molecular weight excluding hydrogens is 452 g/mol. The third-order valence-electron chi connectivity index (χ3n) is 5.73. The minimum atomic E-state index is -1.10. The largest absolute Gasteiger partial charge is 0.476 e. The zero-order valence-electron chi connectivity index (χ0n) is 19.7. The number of allylic oxidation sites excluding steroid dienone is 1. The molecule has 36 heavy (non-hydrogen) atoms. The van der Waals surface area contributed by atoms with Crippen LogP contribution in [0.3, 0.4) is 0 Å². The number of para-hydroxylation sites is 1. The Labute approximate surface area is 208 Å². The van der Waals surface area contributed by atoms with E-state index in [0.29, 0.717) is 30.1 Å². The van der Waals surface area contributed by atoms with Gasteiger partial charge in [-0.3, -0.25) is 0 Å². The van der Waals surface area contributed by atoms with Gasteiger partial charge in [-0.15, -0.1) is 5.10 Å².